The van der Waals surface area contributed by atoms with Gasteiger partial charge in [-0.25, -0.2) is 4.99 Å². The van der Waals surface area contributed by atoms with E-state index in [1.807, 2.05) is 19.1 Å². The number of amidine groups is 1. The minimum absolute atomic E-state index is 0.276. The molecule has 1 aliphatic heterocycles. The highest BCUT2D eigenvalue weighted by Gasteiger charge is 2.49. The molecule has 2 N–H and O–H groups in total. The molecule has 6 heteroatoms. The van der Waals surface area contributed by atoms with Crippen LogP contribution >= 0.6 is 0 Å². The molecule has 0 aromatic heterocycles. The quantitative estimate of drug-likeness (QED) is 0.854. The number of ether oxygens (including phenoxy) is 1. The molecule has 19 heavy (non-hydrogen) atoms. The minimum Gasteiger partial charge on any atom is -0.452 e. The first-order valence-corrected chi connectivity index (χ1v) is 5.87. The van der Waals surface area contributed by atoms with Gasteiger partial charge < -0.3 is 10.5 Å². The zero-order chi connectivity index (χ0) is 14.3. The fourth-order valence-electron chi connectivity index (χ4n) is 2.39. The van der Waals surface area contributed by atoms with Crippen LogP contribution in [0.1, 0.15) is 24.5 Å². The molecule has 0 bridgehead atoms. The number of aryl methyl sites for hydroxylation is 1. The van der Waals surface area contributed by atoms with Crippen molar-refractivity contribution in [3.8, 4) is 0 Å². The molecule has 0 amide bonds. The van der Waals surface area contributed by atoms with Crippen LogP contribution in [0.4, 0.5) is 13.2 Å². The van der Waals surface area contributed by atoms with Crippen LogP contribution in [-0.2, 0) is 10.3 Å². The Morgan fingerprint density at radius 3 is 2.58 bits per heavy atom. The van der Waals surface area contributed by atoms with Crippen molar-refractivity contribution in [3.63, 3.8) is 0 Å². The topological polar surface area (TPSA) is 47.6 Å². The Hall–Kier alpha value is -1.72. The summed E-state index contributed by atoms with van der Waals surface area (Å²) in [6.45, 7) is 3.48. The number of nitrogens with zero attached hydrogens (tertiary/aromatic N) is 1. The molecule has 1 aromatic carbocycles. The largest absolute Gasteiger partial charge is 0.452 e. The van der Waals surface area contributed by atoms with Gasteiger partial charge in [0.05, 0.1) is 5.54 Å². The molecule has 2 unspecified atom stereocenters. The number of nitrogens with two attached hydrogens (primary N) is 1. The zero-order valence-electron chi connectivity index (χ0n) is 10.7. The Kier molecular flexibility index (Phi) is 3.20. The third-order valence-electron chi connectivity index (χ3n) is 3.29. The molecule has 1 heterocycles. The molecule has 2 rings (SSSR count). The van der Waals surface area contributed by atoms with Gasteiger partial charge in [0.1, 0.15) is 0 Å². The number of hydrogen-bond donors (Lipinski definition) is 1. The van der Waals surface area contributed by atoms with Crippen LogP contribution in [0.2, 0.25) is 0 Å². The Morgan fingerprint density at radius 2 is 2.00 bits per heavy atom. The molecular formula is C13H15F3N2O. The predicted molar refractivity (Wildman–Crippen MR) is 65.7 cm³/mol. The van der Waals surface area contributed by atoms with E-state index in [-0.39, 0.29) is 6.42 Å². The Bertz CT molecular complexity index is 513. The first kappa shape index (κ1) is 13.7. The smallest absolute Gasteiger partial charge is 0.425 e. The molecule has 0 saturated carbocycles. The summed E-state index contributed by atoms with van der Waals surface area (Å²) in [6.07, 6.45) is -6.65. The molecule has 0 spiro atoms. The van der Waals surface area contributed by atoms with Gasteiger partial charge in [0, 0.05) is 6.42 Å². The van der Waals surface area contributed by atoms with Crippen LogP contribution in [0.25, 0.3) is 0 Å². The molecule has 1 aliphatic rings. The molecular weight excluding hydrogens is 257 g/mol. The SMILES string of the molecule is Cc1ccccc1C1(C)CC(C(F)(F)F)OC(N)=N1. The monoisotopic (exact) mass is 272 g/mol. The van der Waals surface area contributed by atoms with Gasteiger partial charge in [-0.15, -0.1) is 0 Å². The number of aliphatic imine (C=N–C) groups is 1. The summed E-state index contributed by atoms with van der Waals surface area (Å²) in [6, 6.07) is 6.79. The van der Waals surface area contributed by atoms with Gasteiger partial charge in [-0.2, -0.15) is 13.2 Å². The van der Waals surface area contributed by atoms with Gasteiger partial charge in [0.25, 0.3) is 6.02 Å². The Labute approximate surface area is 109 Å². The third-order valence-corrected chi connectivity index (χ3v) is 3.29. The van der Waals surface area contributed by atoms with Crippen molar-refractivity contribution in [2.45, 2.75) is 38.1 Å². The van der Waals surface area contributed by atoms with E-state index < -0.39 is 23.8 Å². The molecule has 0 fully saturated rings. The summed E-state index contributed by atoms with van der Waals surface area (Å²) in [5.74, 6) is 0. The van der Waals surface area contributed by atoms with Gasteiger partial charge in [0.15, 0.2) is 6.10 Å². The Morgan fingerprint density at radius 1 is 1.37 bits per heavy atom. The van der Waals surface area contributed by atoms with E-state index in [1.54, 1.807) is 19.1 Å². The van der Waals surface area contributed by atoms with Crippen molar-refractivity contribution in [2.24, 2.45) is 10.7 Å². The molecule has 0 radical (unpaired) electrons. The lowest BCUT2D eigenvalue weighted by atomic mass is 9.83. The fraction of sp³-hybridized carbons (Fsp3) is 0.462. The lowest BCUT2D eigenvalue weighted by Crippen LogP contribution is -2.46. The van der Waals surface area contributed by atoms with Crippen molar-refractivity contribution >= 4 is 6.02 Å². The van der Waals surface area contributed by atoms with E-state index in [1.165, 1.54) is 0 Å². The average Bonchev–Trinajstić information content (AvgIpc) is 2.27. The molecule has 104 valence electrons. The van der Waals surface area contributed by atoms with Crippen LogP contribution in [0.3, 0.4) is 0 Å². The van der Waals surface area contributed by atoms with E-state index in [9.17, 15) is 13.2 Å². The molecule has 2 atom stereocenters. The normalized spacial score (nSPS) is 27.6. The maximum absolute atomic E-state index is 12.8. The number of rotatable bonds is 1. The fourth-order valence-corrected chi connectivity index (χ4v) is 2.39. The maximum Gasteiger partial charge on any atom is 0.425 e. The van der Waals surface area contributed by atoms with Crippen molar-refractivity contribution in [1.29, 1.82) is 0 Å². The molecule has 3 nitrogen and oxygen atoms in total. The summed E-state index contributed by atoms with van der Waals surface area (Å²) >= 11 is 0. The highest BCUT2D eigenvalue weighted by Crippen LogP contribution is 2.40. The second-order valence-electron chi connectivity index (χ2n) is 4.89. The van der Waals surface area contributed by atoms with E-state index in [4.69, 9.17) is 5.73 Å². The highest BCUT2D eigenvalue weighted by molar-refractivity contribution is 5.73. The standard InChI is InChI=1S/C13H15F3N2O/c1-8-5-3-4-6-9(8)12(2)7-10(13(14,15)16)19-11(17)18-12/h3-6,10H,7H2,1-2H3,(H2,17,18). The van der Waals surface area contributed by atoms with Gasteiger partial charge >= 0.3 is 6.18 Å². The van der Waals surface area contributed by atoms with Crippen molar-refractivity contribution in [3.05, 3.63) is 35.4 Å². The zero-order valence-corrected chi connectivity index (χ0v) is 10.7. The average molecular weight is 272 g/mol. The minimum atomic E-state index is -4.45. The van der Waals surface area contributed by atoms with Crippen molar-refractivity contribution < 1.29 is 17.9 Å². The second-order valence-corrected chi connectivity index (χ2v) is 4.89. The first-order valence-electron chi connectivity index (χ1n) is 5.87. The number of alkyl halides is 3. The maximum atomic E-state index is 12.8. The van der Waals surface area contributed by atoms with Crippen LogP contribution in [-0.4, -0.2) is 18.3 Å². The van der Waals surface area contributed by atoms with E-state index >= 15 is 0 Å². The van der Waals surface area contributed by atoms with Crippen LogP contribution in [0.15, 0.2) is 29.3 Å². The Balaban J connectivity index is 2.43. The molecule has 1 aromatic rings. The van der Waals surface area contributed by atoms with Crippen LogP contribution in [0, 0.1) is 6.92 Å². The van der Waals surface area contributed by atoms with Crippen LogP contribution < -0.4 is 5.73 Å². The third kappa shape index (κ3) is 2.67. The summed E-state index contributed by atoms with van der Waals surface area (Å²) in [5, 5.41) is 0. The number of halogens is 3. The van der Waals surface area contributed by atoms with E-state index in [2.05, 4.69) is 9.73 Å². The molecule has 0 saturated heterocycles. The van der Waals surface area contributed by atoms with E-state index in [0.717, 1.165) is 11.1 Å². The van der Waals surface area contributed by atoms with E-state index in [0.29, 0.717) is 0 Å². The van der Waals surface area contributed by atoms with Gasteiger partial charge in [-0.05, 0) is 25.0 Å². The van der Waals surface area contributed by atoms with Crippen molar-refractivity contribution in [2.75, 3.05) is 0 Å². The van der Waals surface area contributed by atoms with Crippen molar-refractivity contribution in [1.82, 2.24) is 0 Å². The van der Waals surface area contributed by atoms with Crippen LogP contribution in [0.5, 0.6) is 0 Å². The number of benzene rings is 1. The van der Waals surface area contributed by atoms with Gasteiger partial charge in [-0.1, -0.05) is 24.3 Å². The lowest BCUT2D eigenvalue weighted by Gasteiger charge is -2.36. The predicted octanol–water partition coefficient (Wildman–Crippen LogP) is 2.88. The summed E-state index contributed by atoms with van der Waals surface area (Å²) in [7, 11) is 0. The molecule has 0 aliphatic carbocycles. The highest BCUT2D eigenvalue weighted by atomic mass is 19.4. The number of hydrogen-bond acceptors (Lipinski definition) is 3. The lowest BCUT2D eigenvalue weighted by molar-refractivity contribution is -0.208. The first-order chi connectivity index (χ1) is 8.72. The van der Waals surface area contributed by atoms with Gasteiger partial charge in [0.2, 0.25) is 0 Å². The van der Waals surface area contributed by atoms with Gasteiger partial charge in [-0.3, -0.25) is 0 Å². The summed E-state index contributed by atoms with van der Waals surface area (Å²) < 4.78 is 43.1. The second kappa shape index (κ2) is 4.43. The summed E-state index contributed by atoms with van der Waals surface area (Å²) in [5.41, 5.74) is 6.00. The summed E-state index contributed by atoms with van der Waals surface area (Å²) in [4.78, 5) is 4.08.